The van der Waals surface area contributed by atoms with Gasteiger partial charge in [0, 0.05) is 35.8 Å². The Morgan fingerprint density at radius 3 is 2.26 bits per heavy atom. The molecule has 0 aliphatic rings. The number of hydrogen-bond donors (Lipinski definition) is 1. The summed E-state index contributed by atoms with van der Waals surface area (Å²) in [6.45, 7) is 0. The fourth-order valence-electron chi connectivity index (χ4n) is 2.12. The second-order valence-corrected chi connectivity index (χ2v) is 6.54. The van der Waals surface area contributed by atoms with Gasteiger partial charge in [0.05, 0.1) is 15.1 Å². The van der Waals surface area contributed by atoms with E-state index in [1.54, 1.807) is 18.2 Å². The molecule has 0 saturated carbocycles. The monoisotopic (exact) mass is 336 g/mol. The average molecular weight is 336 g/mol. The van der Waals surface area contributed by atoms with Crippen molar-refractivity contribution < 1.29 is 8.42 Å². The first-order valence-corrected chi connectivity index (χ1v) is 7.88. The van der Waals surface area contributed by atoms with Crippen molar-refractivity contribution in [1.82, 2.24) is 4.98 Å². The van der Waals surface area contributed by atoms with Gasteiger partial charge < -0.3 is 0 Å². The smallest absolute Gasteiger partial charge is 0.208 e. The zero-order valence-electron chi connectivity index (χ0n) is 12.3. The largest absolute Gasteiger partial charge is 0.236 e. The van der Waals surface area contributed by atoms with Crippen LogP contribution in [0.5, 0.6) is 0 Å². The number of rotatable bonds is 4. The number of sulfone groups is 1. The molecule has 0 aliphatic carbocycles. The number of benzene rings is 2. The van der Waals surface area contributed by atoms with E-state index in [0.29, 0.717) is 0 Å². The molecule has 111 valence electrons. The molecule has 0 unspecified atom stereocenters. The van der Waals surface area contributed by atoms with E-state index in [4.69, 9.17) is 0 Å². The van der Waals surface area contributed by atoms with Gasteiger partial charge in [-0.2, -0.15) is 0 Å². The zero-order valence-corrected chi connectivity index (χ0v) is 15.1. The first-order valence-electron chi connectivity index (χ1n) is 6.39. The van der Waals surface area contributed by atoms with Gasteiger partial charge >= 0.3 is 0 Å². The number of nitroso groups, excluding NO2 is 1. The number of aromatic nitrogens is 1. The average Bonchev–Trinajstić information content (AvgIpc) is 2.55. The minimum Gasteiger partial charge on any atom is -0.236 e. The molecule has 0 amide bonds. The predicted octanol–water partition coefficient (Wildman–Crippen LogP) is 2.78. The van der Waals surface area contributed by atoms with E-state index in [-0.39, 0.29) is 45.2 Å². The molecular weight excluding hydrogens is 325 g/mol. The molecule has 0 saturated heterocycles. The van der Waals surface area contributed by atoms with Gasteiger partial charge in [0.2, 0.25) is 9.84 Å². The van der Waals surface area contributed by atoms with Gasteiger partial charge in [0.25, 0.3) is 0 Å². The van der Waals surface area contributed by atoms with Gasteiger partial charge in [-0.3, -0.25) is 0 Å². The molecule has 3 aromatic rings. The van der Waals surface area contributed by atoms with Crippen molar-refractivity contribution in [2.45, 2.75) is 9.79 Å². The summed E-state index contributed by atoms with van der Waals surface area (Å²) in [5.41, 5.74) is 2.11. The van der Waals surface area contributed by atoms with E-state index in [9.17, 15) is 13.3 Å². The Hall–Kier alpha value is -1.80. The molecular formula is C15H11N3NaO3S. The zero-order chi connectivity index (χ0) is 15.6. The Balaban J connectivity index is 0.00000192. The maximum absolute atomic E-state index is 12.6. The van der Waals surface area contributed by atoms with Crippen molar-refractivity contribution in [2.24, 2.45) is 5.29 Å². The van der Waals surface area contributed by atoms with Crippen LogP contribution in [0.4, 0.5) is 5.82 Å². The molecule has 0 spiro atoms. The third-order valence-corrected chi connectivity index (χ3v) is 4.97. The summed E-state index contributed by atoms with van der Waals surface area (Å²) < 4.78 is 25.2. The molecule has 1 heterocycles. The van der Waals surface area contributed by atoms with Crippen LogP contribution in [0.1, 0.15) is 0 Å². The summed E-state index contributed by atoms with van der Waals surface area (Å²) in [7, 11) is -3.66. The number of fused-ring (bicyclic) bond motifs is 1. The van der Waals surface area contributed by atoms with E-state index in [2.05, 4.69) is 15.7 Å². The number of anilines is 1. The summed E-state index contributed by atoms with van der Waals surface area (Å²) >= 11 is 0. The van der Waals surface area contributed by atoms with Gasteiger partial charge in [-0.25, -0.2) is 18.8 Å². The first kappa shape index (κ1) is 17.6. The van der Waals surface area contributed by atoms with Gasteiger partial charge in [0.1, 0.15) is 5.82 Å². The minimum absolute atomic E-state index is 0. The van der Waals surface area contributed by atoms with Crippen LogP contribution in [0.25, 0.3) is 10.8 Å². The fourth-order valence-corrected chi connectivity index (χ4v) is 3.36. The normalized spacial score (nSPS) is 10.8. The Bertz CT molecular complexity index is 944. The summed E-state index contributed by atoms with van der Waals surface area (Å²) in [5.74, 6) is 0.187. The molecule has 2 aromatic carbocycles. The number of nitrogens with zero attached hydrogens (tertiary/aromatic N) is 2. The number of pyridine rings is 1. The number of nitrogens with one attached hydrogen (secondary N) is 1. The molecule has 1 radical (unpaired) electrons. The first-order chi connectivity index (χ1) is 10.6. The van der Waals surface area contributed by atoms with Gasteiger partial charge in [-0.1, -0.05) is 30.3 Å². The molecule has 23 heavy (non-hydrogen) atoms. The number of hydrogen-bond acceptors (Lipinski definition) is 5. The van der Waals surface area contributed by atoms with Crippen LogP contribution in [0.15, 0.2) is 75.9 Å². The van der Waals surface area contributed by atoms with Crippen molar-refractivity contribution in [2.75, 3.05) is 5.43 Å². The van der Waals surface area contributed by atoms with Crippen molar-refractivity contribution in [3.8, 4) is 0 Å². The molecule has 0 bridgehead atoms. The Kier molecular flexibility index (Phi) is 5.48. The predicted molar refractivity (Wildman–Crippen MR) is 88.8 cm³/mol. The molecule has 1 aromatic heterocycles. The van der Waals surface area contributed by atoms with Crippen LogP contribution in [0, 0.1) is 4.91 Å². The van der Waals surface area contributed by atoms with E-state index in [1.807, 2.05) is 24.3 Å². The van der Waals surface area contributed by atoms with Crippen LogP contribution in [-0.4, -0.2) is 43.0 Å². The standard InChI is InChI=1S/C15H11N3O3S.Na/c19-18-17-15-8-7-14(10-16-15)22(20,21)13-6-5-11-3-1-2-4-12(11)9-13;/h1-10H,(H,16,17,19);. The Morgan fingerprint density at radius 1 is 0.913 bits per heavy atom. The van der Waals surface area contributed by atoms with Gasteiger partial charge in [-0.05, 0) is 35.0 Å². The second-order valence-electron chi connectivity index (χ2n) is 4.59. The van der Waals surface area contributed by atoms with Crippen molar-refractivity contribution in [3.05, 3.63) is 65.7 Å². The van der Waals surface area contributed by atoms with E-state index >= 15 is 0 Å². The third-order valence-electron chi connectivity index (χ3n) is 3.24. The third kappa shape index (κ3) is 3.59. The second kappa shape index (κ2) is 7.18. The van der Waals surface area contributed by atoms with Crippen LogP contribution in [0.3, 0.4) is 0 Å². The van der Waals surface area contributed by atoms with E-state index in [0.717, 1.165) is 10.8 Å². The quantitative estimate of drug-likeness (QED) is 0.449. The summed E-state index contributed by atoms with van der Waals surface area (Å²) in [5, 5.41) is 4.29. The van der Waals surface area contributed by atoms with Crippen molar-refractivity contribution in [3.63, 3.8) is 0 Å². The van der Waals surface area contributed by atoms with E-state index < -0.39 is 9.84 Å². The fraction of sp³-hybridized carbons (Fsp3) is 0. The van der Waals surface area contributed by atoms with E-state index in [1.165, 1.54) is 18.3 Å². The van der Waals surface area contributed by atoms with Gasteiger partial charge in [0.15, 0.2) is 0 Å². The Morgan fingerprint density at radius 2 is 1.61 bits per heavy atom. The molecule has 8 heteroatoms. The molecule has 3 rings (SSSR count). The van der Waals surface area contributed by atoms with Crippen molar-refractivity contribution in [1.29, 1.82) is 0 Å². The maximum atomic E-state index is 12.6. The molecule has 6 nitrogen and oxygen atoms in total. The van der Waals surface area contributed by atoms with Crippen LogP contribution >= 0.6 is 0 Å². The Labute approximate surface area is 155 Å². The van der Waals surface area contributed by atoms with Crippen LogP contribution < -0.4 is 5.43 Å². The molecule has 0 fully saturated rings. The SMILES string of the molecule is O=NNc1ccc(S(=O)(=O)c2ccc3ccccc3c2)cn1.[Na]. The molecule has 1 N–H and O–H groups in total. The maximum Gasteiger partial charge on any atom is 0.208 e. The van der Waals surface area contributed by atoms with Crippen LogP contribution in [0.2, 0.25) is 0 Å². The topological polar surface area (TPSA) is 88.5 Å². The summed E-state index contributed by atoms with van der Waals surface area (Å²) in [4.78, 5) is 14.2. The molecule has 0 aliphatic heterocycles. The molecule has 0 atom stereocenters. The summed E-state index contributed by atoms with van der Waals surface area (Å²) in [6, 6.07) is 15.2. The van der Waals surface area contributed by atoms with Crippen LogP contribution in [-0.2, 0) is 9.84 Å². The van der Waals surface area contributed by atoms with Gasteiger partial charge in [-0.15, -0.1) is 4.91 Å². The summed E-state index contributed by atoms with van der Waals surface area (Å²) in [6.07, 6.45) is 1.19. The minimum atomic E-state index is -3.66. The van der Waals surface area contributed by atoms with Crippen molar-refractivity contribution >= 4 is 56.0 Å².